The van der Waals surface area contributed by atoms with E-state index in [9.17, 15) is 0 Å². The first-order valence-corrected chi connectivity index (χ1v) is 20.2. The number of halogens is 3. The Morgan fingerprint density at radius 1 is 0.696 bits per heavy atom. The summed E-state index contributed by atoms with van der Waals surface area (Å²) < 4.78 is 3.69. The van der Waals surface area contributed by atoms with E-state index in [1.165, 1.54) is 55.6 Å². The summed E-state index contributed by atoms with van der Waals surface area (Å²) in [6, 6.07) is 25.5. The van der Waals surface area contributed by atoms with Gasteiger partial charge in [0.1, 0.15) is 0 Å². The van der Waals surface area contributed by atoms with Crippen LogP contribution >= 0.6 is 11.6 Å². The second-order valence-corrected chi connectivity index (χ2v) is 21.5. The zero-order valence-electron chi connectivity index (χ0n) is 28.6. The van der Waals surface area contributed by atoms with Gasteiger partial charge in [-0.15, -0.1) is 0 Å². The van der Waals surface area contributed by atoms with Crippen molar-refractivity contribution in [3.63, 3.8) is 0 Å². The van der Waals surface area contributed by atoms with Crippen LogP contribution in [0.25, 0.3) is 11.1 Å². The SMILES string of the molecule is Cc1ccc([C](c2ccc(Cl)cc2)=[Zr+2]([c]2c(C)c(C(C)(C)C)cc3c2Cc2cc(C)c(C(C)(C)C)cc2-3)[CH]2C=CC=C2)cc1.[Cl-].[Cl-]. The predicted octanol–water partition coefficient (Wildman–Crippen LogP) is 4.87. The first kappa shape index (κ1) is 36.8. The Morgan fingerprint density at radius 3 is 1.76 bits per heavy atom. The van der Waals surface area contributed by atoms with Crippen LogP contribution in [-0.2, 0) is 38.5 Å². The van der Waals surface area contributed by atoms with Gasteiger partial charge < -0.3 is 24.8 Å². The molecule has 2 aliphatic carbocycles. The fourth-order valence-corrected chi connectivity index (χ4v) is 16.4. The first-order chi connectivity index (χ1) is 20.7. The summed E-state index contributed by atoms with van der Waals surface area (Å²) in [5.74, 6) is 0. The van der Waals surface area contributed by atoms with Crippen molar-refractivity contribution in [2.45, 2.75) is 83.2 Å². The molecule has 0 fully saturated rings. The van der Waals surface area contributed by atoms with Gasteiger partial charge in [0, 0.05) is 0 Å². The summed E-state index contributed by atoms with van der Waals surface area (Å²) in [5.41, 5.74) is 16.0. The average Bonchev–Trinajstić information content (AvgIpc) is 3.59. The maximum absolute atomic E-state index is 6.47. The molecule has 4 heteroatoms. The van der Waals surface area contributed by atoms with Crippen LogP contribution in [0.4, 0.5) is 0 Å². The van der Waals surface area contributed by atoms with Crippen LogP contribution < -0.4 is 28.1 Å². The Balaban J connectivity index is 0.00000240. The minimum atomic E-state index is -2.77. The largest absolute Gasteiger partial charge is 1.00 e. The molecule has 4 aromatic carbocycles. The normalized spacial score (nSPS) is 14.0. The Bertz CT molecular complexity index is 1800. The molecule has 0 unspecified atom stereocenters. The molecule has 0 bridgehead atoms. The van der Waals surface area contributed by atoms with Gasteiger partial charge in [-0.25, -0.2) is 0 Å². The third-order valence-corrected chi connectivity index (χ3v) is 18.1. The summed E-state index contributed by atoms with van der Waals surface area (Å²) in [5, 5.41) is 0.787. The second-order valence-electron chi connectivity index (χ2n) is 14.9. The standard InChI is InChI=1S/C23H29.C14H11Cl.C5H5.2ClH.Zr/c1-14-9-16-11-17-10-15(2)21(23(6,7)8)13-19(17)18(16)12-20(14)22(3,4)5;1-11-2-4-12(5-3-11)10-13-6-8-14(15)9-7-13;1-2-4-5-3-1;;;/h9,12-13H,11H2,1-8H3;2-9H,1H3;1-5H;2*1H;/q;;;;;+2/p-2. The van der Waals surface area contributed by atoms with E-state index in [1.807, 2.05) is 0 Å². The smallest absolute Gasteiger partial charge is 1.00 e. The third kappa shape index (κ3) is 6.91. The zero-order chi connectivity index (χ0) is 31.6. The van der Waals surface area contributed by atoms with Gasteiger partial charge in [-0.2, -0.15) is 0 Å². The third-order valence-electron chi connectivity index (χ3n) is 9.51. The molecule has 2 aliphatic rings. The number of fused-ring (bicyclic) bond motifs is 3. The number of rotatable bonds is 4. The Kier molecular flexibility index (Phi) is 11.1. The molecule has 238 valence electrons. The van der Waals surface area contributed by atoms with Gasteiger partial charge in [0.2, 0.25) is 0 Å². The molecule has 6 rings (SSSR count). The summed E-state index contributed by atoms with van der Waals surface area (Å²) in [6.45, 7) is 21.1. The van der Waals surface area contributed by atoms with Gasteiger partial charge in [0.15, 0.2) is 0 Å². The van der Waals surface area contributed by atoms with Crippen LogP contribution in [0.2, 0.25) is 8.65 Å². The van der Waals surface area contributed by atoms with Crippen molar-refractivity contribution in [1.82, 2.24) is 0 Å². The molecule has 0 aromatic heterocycles. The molecule has 0 atom stereocenters. The van der Waals surface area contributed by atoms with Crippen LogP contribution in [-0.4, -0.2) is 3.21 Å². The topological polar surface area (TPSA) is 0 Å². The molecule has 4 aromatic rings. The quantitative estimate of drug-likeness (QED) is 0.247. The van der Waals surface area contributed by atoms with Crippen LogP contribution in [0.3, 0.4) is 0 Å². The summed E-state index contributed by atoms with van der Waals surface area (Å²) in [7, 11) is 0. The van der Waals surface area contributed by atoms with Crippen molar-refractivity contribution < 1.29 is 46.1 Å². The van der Waals surface area contributed by atoms with Gasteiger partial charge in [-0.05, 0) is 0 Å². The fourth-order valence-electron chi connectivity index (χ4n) is 7.46. The van der Waals surface area contributed by atoms with Crippen molar-refractivity contribution in [2.75, 3.05) is 0 Å². The maximum atomic E-state index is 6.47. The van der Waals surface area contributed by atoms with Gasteiger partial charge in [-0.1, -0.05) is 0 Å². The van der Waals surface area contributed by atoms with E-state index in [1.54, 1.807) is 12.0 Å². The van der Waals surface area contributed by atoms with E-state index in [2.05, 4.69) is 153 Å². The molecule has 0 heterocycles. The molecule has 0 nitrogen and oxygen atoms in total. The predicted molar refractivity (Wildman–Crippen MR) is 189 cm³/mol. The molecular weight excluding hydrogens is 702 g/mol. The molecule has 46 heavy (non-hydrogen) atoms. The molecule has 0 spiro atoms. The minimum Gasteiger partial charge on any atom is -1.00 e. The van der Waals surface area contributed by atoms with Gasteiger partial charge >= 0.3 is 280 Å². The molecule has 0 N–H and O–H groups in total. The zero-order valence-corrected chi connectivity index (χ0v) is 33.3. The van der Waals surface area contributed by atoms with E-state index in [4.69, 9.17) is 11.6 Å². The van der Waals surface area contributed by atoms with E-state index in [-0.39, 0.29) is 35.6 Å². The molecule has 0 saturated carbocycles. The van der Waals surface area contributed by atoms with Crippen molar-refractivity contribution in [3.8, 4) is 11.1 Å². The van der Waals surface area contributed by atoms with E-state index < -0.39 is 21.3 Å². The number of hydrogen-bond donors (Lipinski definition) is 0. The number of hydrogen-bond acceptors (Lipinski definition) is 0. The number of benzene rings is 4. The van der Waals surface area contributed by atoms with Crippen molar-refractivity contribution in [2.24, 2.45) is 0 Å². The van der Waals surface area contributed by atoms with Crippen molar-refractivity contribution >= 4 is 18.1 Å². The molecule has 0 radical (unpaired) electrons. The second kappa shape index (κ2) is 13.8. The first-order valence-electron chi connectivity index (χ1n) is 16.0. The number of aryl methyl sites for hydroxylation is 2. The molecule has 0 amide bonds. The molecule has 0 saturated heterocycles. The molecular formula is C42H45Cl3Zr. The van der Waals surface area contributed by atoms with Gasteiger partial charge in [0.05, 0.1) is 0 Å². The van der Waals surface area contributed by atoms with Crippen LogP contribution in [0, 0.1) is 20.8 Å². The van der Waals surface area contributed by atoms with E-state index >= 15 is 0 Å². The van der Waals surface area contributed by atoms with E-state index in [0.29, 0.717) is 3.63 Å². The minimum absolute atomic E-state index is 0. The molecule has 0 aliphatic heterocycles. The Morgan fingerprint density at radius 2 is 1.22 bits per heavy atom. The maximum Gasteiger partial charge on any atom is -1.00 e. The summed E-state index contributed by atoms with van der Waals surface area (Å²) in [6.07, 6.45) is 10.5. The fraction of sp³-hybridized carbons (Fsp3) is 0.310. The Hall–Kier alpha value is -2.02. The Labute approximate surface area is 302 Å². The van der Waals surface area contributed by atoms with Crippen LogP contribution in [0.15, 0.2) is 91.0 Å². The summed E-state index contributed by atoms with van der Waals surface area (Å²) in [4.78, 5) is 0. The van der Waals surface area contributed by atoms with Gasteiger partial charge in [-0.3, -0.25) is 0 Å². The van der Waals surface area contributed by atoms with Crippen LogP contribution in [0.5, 0.6) is 0 Å². The van der Waals surface area contributed by atoms with Crippen LogP contribution in [0.1, 0.15) is 91.6 Å². The summed E-state index contributed by atoms with van der Waals surface area (Å²) >= 11 is 3.70. The number of allylic oxidation sites excluding steroid dienone is 4. The van der Waals surface area contributed by atoms with Crippen molar-refractivity contribution in [1.29, 1.82) is 0 Å². The average molecular weight is 747 g/mol. The van der Waals surface area contributed by atoms with E-state index in [0.717, 1.165) is 11.4 Å². The van der Waals surface area contributed by atoms with Gasteiger partial charge in [0.25, 0.3) is 0 Å². The monoisotopic (exact) mass is 744 g/mol. The van der Waals surface area contributed by atoms with Crippen molar-refractivity contribution in [3.05, 3.63) is 146 Å².